The number of carboxylic acids is 1. The van der Waals surface area contributed by atoms with E-state index in [2.05, 4.69) is 39.5 Å². The molecular weight excluding hydrogens is 470 g/mol. The average Bonchev–Trinajstić information content (AvgIpc) is 3.05. The summed E-state index contributed by atoms with van der Waals surface area (Å²) in [5, 5.41) is 13.8. The van der Waals surface area contributed by atoms with Crippen LogP contribution in [-0.4, -0.2) is 34.3 Å². The number of carbonyl (C=O) groups is 1. The fraction of sp³-hybridized carbons (Fsp3) is 0.435. The van der Waals surface area contributed by atoms with E-state index < -0.39 is 11.5 Å². The lowest BCUT2D eigenvalue weighted by molar-refractivity contribution is -0.144. The Kier molecular flexibility index (Phi) is 4.99. The van der Waals surface area contributed by atoms with Gasteiger partial charge in [-0.15, -0.1) is 0 Å². The molecule has 1 aromatic rings. The molecule has 0 aromatic heterocycles. The number of carboxylic acid groups (broad SMARTS) is 1. The molecule has 1 saturated heterocycles. The second-order valence-corrected chi connectivity index (χ2v) is 10.0. The molecule has 2 fully saturated rings. The zero-order valence-electron chi connectivity index (χ0n) is 16.4. The van der Waals surface area contributed by atoms with Crippen LogP contribution in [-0.2, 0) is 14.3 Å². The Labute approximate surface area is 188 Å². The van der Waals surface area contributed by atoms with Crippen molar-refractivity contribution >= 4 is 39.2 Å². The second-order valence-electron chi connectivity index (χ2n) is 8.55. The number of ether oxygens (including phenoxy) is 2. The predicted octanol–water partition coefficient (Wildman–Crippen LogP) is 5.43. The summed E-state index contributed by atoms with van der Waals surface area (Å²) in [5.74, 6) is 0.0544. The van der Waals surface area contributed by atoms with Crippen molar-refractivity contribution in [2.75, 3.05) is 11.9 Å². The van der Waals surface area contributed by atoms with Crippen LogP contribution in [0.3, 0.4) is 0 Å². The van der Waals surface area contributed by atoms with E-state index >= 15 is 0 Å². The number of hydrogen-bond donors (Lipinski definition) is 2. The fourth-order valence-electron chi connectivity index (χ4n) is 5.13. The van der Waals surface area contributed by atoms with Crippen molar-refractivity contribution in [3.8, 4) is 0 Å². The Bertz CT molecular complexity index is 977. The summed E-state index contributed by atoms with van der Waals surface area (Å²) in [6.07, 6.45) is 9.96. The molecule has 0 amide bonds. The highest BCUT2D eigenvalue weighted by molar-refractivity contribution is 9.09. The summed E-state index contributed by atoms with van der Waals surface area (Å²) < 4.78 is 11.9. The van der Waals surface area contributed by atoms with Crippen molar-refractivity contribution in [2.24, 2.45) is 5.41 Å². The smallest absolute Gasteiger partial charge is 0.329 e. The van der Waals surface area contributed by atoms with E-state index in [0.29, 0.717) is 24.5 Å². The molecule has 4 aliphatic rings. The Morgan fingerprint density at radius 3 is 2.80 bits per heavy atom. The van der Waals surface area contributed by atoms with Crippen molar-refractivity contribution in [1.82, 2.24) is 0 Å². The lowest BCUT2D eigenvalue weighted by Gasteiger charge is -2.44. The van der Waals surface area contributed by atoms with Crippen molar-refractivity contribution in [1.29, 1.82) is 0 Å². The van der Waals surface area contributed by atoms with Crippen LogP contribution in [0.15, 0.2) is 59.4 Å². The minimum Gasteiger partial charge on any atom is -0.480 e. The molecule has 7 heteroatoms. The Morgan fingerprint density at radius 1 is 1.27 bits per heavy atom. The van der Waals surface area contributed by atoms with Gasteiger partial charge in [-0.3, -0.25) is 0 Å². The maximum absolute atomic E-state index is 12.3. The third-order valence-corrected chi connectivity index (χ3v) is 7.49. The molecule has 2 unspecified atom stereocenters. The summed E-state index contributed by atoms with van der Waals surface area (Å²) in [6, 6.07) is 7.25. The number of halogens is 2. The van der Waals surface area contributed by atoms with Crippen LogP contribution < -0.4 is 5.32 Å². The summed E-state index contributed by atoms with van der Waals surface area (Å²) in [7, 11) is 0. The lowest BCUT2D eigenvalue weighted by atomic mass is 9.64. The molecule has 5 rings (SSSR count). The molecule has 2 atom stereocenters. The van der Waals surface area contributed by atoms with E-state index in [4.69, 9.17) is 21.1 Å². The highest BCUT2D eigenvalue weighted by atomic mass is 79.9. The molecule has 0 radical (unpaired) electrons. The minimum atomic E-state index is -0.997. The van der Waals surface area contributed by atoms with Gasteiger partial charge in [-0.05, 0) is 77.0 Å². The van der Waals surface area contributed by atoms with Gasteiger partial charge >= 0.3 is 5.97 Å². The lowest BCUT2D eigenvalue weighted by Crippen LogP contribution is -2.51. The largest absolute Gasteiger partial charge is 0.480 e. The molecule has 0 bridgehead atoms. The first-order valence-electron chi connectivity index (χ1n) is 10.2. The average molecular weight is 493 g/mol. The molecule has 5 nitrogen and oxygen atoms in total. The van der Waals surface area contributed by atoms with Crippen LogP contribution in [0.25, 0.3) is 0 Å². The number of anilines is 1. The molecule has 3 aliphatic carbocycles. The quantitative estimate of drug-likeness (QED) is 0.551. The van der Waals surface area contributed by atoms with Crippen molar-refractivity contribution in [2.45, 2.75) is 48.8 Å². The molecule has 1 spiro atoms. The maximum atomic E-state index is 12.3. The number of aliphatic carboxylic acids is 1. The summed E-state index contributed by atoms with van der Waals surface area (Å²) in [4.78, 5) is 12.3. The van der Waals surface area contributed by atoms with E-state index in [-0.39, 0.29) is 16.5 Å². The van der Waals surface area contributed by atoms with E-state index in [1.54, 1.807) is 12.1 Å². The van der Waals surface area contributed by atoms with Gasteiger partial charge in [0.1, 0.15) is 17.4 Å². The fourth-order valence-corrected chi connectivity index (χ4v) is 5.69. The standard InChI is InChI=1S/C23H23BrClNO4/c24-20-13-29-18-10-14-4-5-22(17(14)12-19(18)30-20)6-8-23(9-7-22,21(27)28)26-16-3-1-2-15(25)11-16/h1-5,11-12,18,20,26H,6-10,13H2,(H,27,28). The molecule has 1 saturated carbocycles. The third kappa shape index (κ3) is 3.39. The van der Waals surface area contributed by atoms with Gasteiger partial charge in [0.15, 0.2) is 5.01 Å². The van der Waals surface area contributed by atoms with Gasteiger partial charge in [-0.1, -0.05) is 29.8 Å². The minimum absolute atomic E-state index is 0.0245. The molecule has 1 aliphatic heterocycles. The van der Waals surface area contributed by atoms with E-state index in [0.717, 1.165) is 30.7 Å². The van der Waals surface area contributed by atoms with E-state index in [9.17, 15) is 9.90 Å². The molecule has 1 aromatic carbocycles. The zero-order valence-corrected chi connectivity index (χ0v) is 18.7. The van der Waals surface area contributed by atoms with Gasteiger partial charge in [-0.25, -0.2) is 4.79 Å². The first-order valence-corrected chi connectivity index (χ1v) is 11.5. The second kappa shape index (κ2) is 7.43. The Morgan fingerprint density at radius 2 is 2.07 bits per heavy atom. The SMILES string of the molecule is O=C(O)C1(Nc2cccc(Cl)c2)CCC2(C=CC3=C2C=C2OC(Br)COC2C3)CC1. The van der Waals surface area contributed by atoms with Crippen LogP contribution in [0.4, 0.5) is 5.69 Å². The number of nitrogens with one attached hydrogen (secondary N) is 1. The number of fused-ring (bicyclic) bond motifs is 2. The highest BCUT2D eigenvalue weighted by Gasteiger charge is 2.50. The number of allylic oxidation sites excluding steroid dienone is 4. The molecule has 30 heavy (non-hydrogen) atoms. The summed E-state index contributed by atoms with van der Waals surface area (Å²) in [6.45, 7) is 0.537. The molecule has 1 heterocycles. The van der Waals surface area contributed by atoms with Gasteiger partial charge in [0.2, 0.25) is 0 Å². The van der Waals surface area contributed by atoms with Gasteiger partial charge in [0, 0.05) is 22.5 Å². The summed E-state index contributed by atoms with van der Waals surface area (Å²) in [5.41, 5.74) is 2.15. The third-order valence-electron chi connectivity index (χ3n) is 6.80. The normalized spacial score (nSPS) is 34.8. The molecule has 158 valence electrons. The Balaban J connectivity index is 1.38. The maximum Gasteiger partial charge on any atom is 0.329 e. The van der Waals surface area contributed by atoms with Crippen molar-refractivity contribution in [3.05, 3.63) is 64.4 Å². The molecular formula is C23H23BrClNO4. The number of alkyl halides is 1. The van der Waals surface area contributed by atoms with Crippen LogP contribution in [0.1, 0.15) is 32.1 Å². The zero-order chi connectivity index (χ0) is 20.9. The van der Waals surface area contributed by atoms with Crippen LogP contribution in [0.5, 0.6) is 0 Å². The van der Waals surface area contributed by atoms with E-state index in [1.165, 1.54) is 11.1 Å². The van der Waals surface area contributed by atoms with Crippen LogP contribution in [0.2, 0.25) is 5.02 Å². The number of rotatable bonds is 3. The Hall–Kier alpha value is -1.76. The van der Waals surface area contributed by atoms with Gasteiger partial charge < -0.3 is 19.9 Å². The van der Waals surface area contributed by atoms with Gasteiger partial charge in [0.25, 0.3) is 0 Å². The number of benzene rings is 1. The summed E-state index contributed by atoms with van der Waals surface area (Å²) >= 11 is 9.57. The van der Waals surface area contributed by atoms with Gasteiger partial charge in [0.05, 0.1) is 6.61 Å². The van der Waals surface area contributed by atoms with Crippen LogP contribution >= 0.6 is 27.5 Å². The monoisotopic (exact) mass is 491 g/mol. The molecule has 2 N–H and O–H groups in total. The van der Waals surface area contributed by atoms with Crippen molar-refractivity contribution < 1.29 is 19.4 Å². The first kappa shape index (κ1) is 20.2. The predicted molar refractivity (Wildman–Crippen MR) is 119 cm³/mol. The topological polar surface area (TPSA) is 67.8 Å². The van der Waals surface area contributed by atoms with Crippen molar-refractivity contribution in [3.63, 3.8) is 0 Å². The highest BCUT2D eigenvalue weighted by Crippen LogP contribution is 2.54. The van der Waals surface area contributed by atoms with E-state index in [1.807, 2.05) is 12.1 Å². The van der Waals surface area contributed by atoms with Crippen LogP contribution in [0, 0.1) is 5.41 Å². The van der Waals surface area contributed by atoms with Gasteiger partial charge in [-0.2, -0.15) is 0 Å². The number of hydrogen-bond acceptors (Lipinski definition) is 4. The first-order chi connectivity index (χ1) is 14.4.